The van der Waals surface area contributed by atoms with Gasteiger partial charge in [-0.05, 0) is 49.8 Å². The van der Waals surface area contributed by atoms with Gasteiger partial charge in [-0.2, -0.15) is 4.31 Å². The molecule has 0 unspecified atom stereocenters. The molecule has 30 heavy (non-hydrogen) atoms. The van der Waals surface area contributed by atoms with Crippen LogP contribution in [0.4, 0.5) is 0 Å². The van der Waals surface area contributed by atoms with Gasteiger partial charge in [0.05, 0.1) is 11.4 Å². The Bertz CT molecular complexity index is 759. The van der Waals surface area contributed by atoms with E-state index in [9.17, 15) is 8.42 Å². The van der Waals surface area contributed by atoms with Crippen molar-refractivity contribution < 1.29 is 13.2 Å². The van der Waals surface area contributed by atoms with E-state index in [1.54, 1.807) is 22.5 Å². The van der Waals surface area contributed by atoms with E-state index in [1.165, 1.54) is 0 Å². The van der Waals surface area contributed by atoms with Crippen molar-refractivity contribution in [2.75, 3.05) is 39.4 Å². The van der Waals surface area contributed by atoms with E-state index in [1.807, 2.05) is 13.0 Å². The Morgan fingerprint density at radius 3 is 2.67 bits per heavy atom. The van der Waals surface area contributed by atoms with Crippen LogP contribution >= 0.6 is 0 Å². The topological polar surface area (TPSA) is 83.0 Å². The number of hydrogen-bond acceptors (Lipinski definition) is 4. The lowest BCUT2D eigenvalue weighted by molar-refractivity contribution is 0.108. The predicted octanol–water partition coefficient (Wildman–Crippen LogP) is 2.98. The minimum absolute atomic E-state index is 0.359. The first-order valence-corrected chi connectivity index (χ1v) is 12.6. The maximum absolute atomic E-state index is 12.9. The van der Waals surface area contributed by atoms with Crippen LogP contribution in [-0.4, -0.2) is 58.1 Å². The molecule has 170 valence electrons. The zero-order valence-corrected chi connectivity index (χ0v) is 19.5. The Hall–Kier alpha value is -1.64. The number of nitrogens with zero attached hydrogens (tertiary/aromatic N) is 2. The van der Waals surface area contributed by atoms with Crippen LogP contribution in [0.1, 0.15) is 52.0 Å². The molecule has 0 bridgehead atoms. The van der Waals surface area contributed by atoms with Gasteiger partial charge in [0.1, 0.15) is 0 Å². The summed E-state index contributed by atoms with van der Waals surface area (Å²) in [5.74, 6) is 1.27. The van der Waals surface area contributed by atoms with E-state index in [2.05, 4.69) is 29.5 Å². The molecular formula is C22H38N4O3S. The van der Waals surface area contributed by atoms with Crippen LogP contribution in [0.3, 0.4) is 0 Å². The van der Waals surface area contributed by atoms with Crippen molar-refractivity contribution in [1.82, 2.24) is 14.9 Å². The van der Waals surface area contributed by atoms with Crippen LogP contribution < -0.4 is 10.6 Å². The second-order valence-corrected chi connectivity index (χ2v) is 9.99. The summed E-state index contributed by atoms with van der Waals surface area (Å²) in [6, 6.07) is 7.14. The predicted molar refractivity (Wildman–Crippen MR) is 122 cm³/mol. The highest BCUT2D eigenvalue weighted by Crippen LogP contribution is 2.21. The van der Waals surface area contributed by atoms with Crippen LogP contribution in [0.5, 0.6) is 0 Å². The molecule has 2 rings (SSSR count). The first-order valence-electron chi connectivity index (χ1n) is 11.1. The Kier molecular flexibility index (Phi) is 10.6. The van der Waals surface area contributed by atoms with Gasteiger partial charge < -0.3 is 15.4 Å². The summed E-state index contributed by atoms with van der Waals surface area (Å²) in [5, 5.41) is 6.54. The molecule has 0 atom stereocenters. The fourth-order valence-electron chi connectivity index (χ4n) is 3.27. The number of guanidine groups is 1. The van der Waals surface area contributed by atoms with Gasteiger partial charge in [-0.15, -0.1) is 0 Å². The molecule has 7 nitrogen and oxygen atoms in total. The van der Waals surface area contributed by atoms with Gasteiger partial charge in [0.15, 0.2) is 5.96 Å². The third kappa shape index (κ3) is 8.24. The Balaban J connectivity index is 1.92. The fourth-order valence-corrected chi connectivity index (χ4v) is 4.86. The van der Waals surface area contributed by atoms with Crippen molar-refractivity contribution in [3.63, 3.8) is 0 Å². The molecule has 1 heterocycles. The van der Waals surface area contributed by atoms with Crippen LogP contribution in [0.15, 0.2) is 34.2 Å². The standard InChI is InChI=1S/C22H38N4O3S/c1-4-23-22(24-12-9-15-29-18-19(2)3)25-17-20-10-8-11-21(16-20)30(27,28)26-13-6-5-7-14-26/h8,10-11,16,19H,4-7,9,12-15,17-18H2,1-3H3,(H2,23,24,25). The molecule has 1 aromatic carbocycles. The highest BCUT2D eigenvalue weighted by molar-refractivity contribution is 7.89. The fraction of sp³-hybridized carbons (Fsp3) is 0.682. The molecule has 1 aliphatic rings. The molecule has 2 N–H and O–H groups in total. The number of ether oxygens (including phenoxy) is 1. The molecule has 1 fully saturated rings. The molecule has 0 aliphatic carbocycles. The molecule has 0 saturated carbocycles. The Morgan fingerprint density at radius 1 is 1.20 bits per heavy atom. The maximum Gasteiger partial charge on any atom is 0.243 e. The van der Waals surface area contributed by atoms with Crippen molar-refractivity contribution in [3.05, 3.63) is 29.8 Å². The van der Waals surface area contributed by atoms with Crippen molar-refractivity contribution >= 4 is 16.0 Å². The summed E-state index contributed by atoms with van der Waals surface area (Å²) in [6.45, 7) is 11.0. The molecule has 1 aromatic rings. The quantitative estimate of drug-likeness (QED) is 0.315. The molecular weight excluding hydrogens is 400 g/mol. The molecule has 0 radical (unpaired) electrons. The van der Waals surface area contributed by atoms with Crippen LogP contribution in [0.2, 0.25) is 0 Å². The van der Waals surface area contributed by atoms with Crippen LogP contribution in [-0.2, 0) is 21.3 Å². The Labute approximate surface area is 182 Å². The number of aliphatic imine (C=N–C) groups is 1. The normalized spacial score (nSPS) is 16.1. The second-order valence-electron chi connectivity index (χ2n) is 8.06. The third-order valence-electron chi connectivity index (χ3n) is 4.82. The second kappa shape index (κ2) is 12.9. The zero-order valence-electron chi connectivity index (χ0n) is 18.7. The smallest absolute Gasteiger partial charge is 0.243 e. The molecule has 0 amide bonds. The van der Waals surface area contributed by atoms with Crippen LogP contribution in [0, 0.1) is 5.92 Å². The summed E-state index contributed by atoms with van der Waals surface area (Å²) in [5.41, 5.74) is 0.880. The van der Waals surface area contributed by atoms with Gasteiger partial charge in [0.2, 0.25) is 10.0 Å². The van der Waals surface area contributed by atoms with E-state index in [4.69, 9.17) is 4.74 Å². The molecule has 1 saturated heterocycles. The Morgan fingerprint density at radius 2 is 1.97 bits per heavy atom. The monoisotopic (exact) mass is 438 g/mol. The molecule has 8 heteroatoms. The lowest BCUT2D eigenvalue weighted by Gasteiger charge is -2.26. The van der Waals surface area contributed by atoms with Gasteiger partial charge in [-0.1, -0.05) is 32.4 Å². The SMILES string of the molecule is CCNC(=NCc1cccc(S(=O)(=O)N2CCCCC2)c1)NCCCOCC(C)C. The van der Waals surface area contributed by atoms with Crippen molar-refractivity contribution in [2.24, 2.45) is 10.9 Å². The summed E-state index contributed by atoms with van der Waals surface area (Å²) in [6.07, 6.45) is 3.87. The number of hydrogen-bond donors (Lipinski definition) is 2. The summed E-state index contributed by atoms with van der Waals surface area (Å²) >= 11 is 0. The molecule has 1 aliphatic heterocycles. The summed E-state index contributed by atoms with van der Waals surface area (Å²) in [4.78, 5) is 4.97. The van der Waals surface area contributed by atoms with Gasteiger partial charge in [-0.25, -0.2) is 13.4 Å². The van der Waals surface area contributed by atoms with Gasteiger partial charge in [0, 0.05) is 39.4 Å². The van der Waals surface area contributed by atoms with Crippen LogP contribution in [0.25, 0.3) is 0 Å². The van der Waals surface area contributed by atoms with Gasteiger partial charge in [0.25, 0.3) is 0 Å². The summed E-state index contributed by atoms with van der Waals surface area (Å²) in [7, 11) is -3.42. The van der Waals surface area contributed by atoms with Crippen molar-refractivity contribution in [2.45, 2.75) is 57.9 Å². The van der Waals surface area contributed by atoms with Gasteiger partial charge in [-0.3, -0.25) is 0 Å². The lowest BCUT2D eigenvalue weighted by Crippen LogP contribution is -2.38. The summed E-state index contributed by atoms with van der Waals surface area (Å²) < 4.78 is 33.0. The van der Waals surface area contributed by atoms with E-state index in [-0.39, 0.29) is 0 Å². The number of piperidine rings is 1. The highest BCUT2D eigenvalue weighted by atomic mass is 32.2. The first-order chi connectivity index (χ1) is 14.4. The third-order valence-corrected chi connectivity index (χ3v) is 6.72. The van der Waals surface area contributed by atoms with E-state index in [0.29, 0.717) is 30.4 Å². The number of benzene rings is 1. The largest absolute Gasteiger partial charge is 0.381 e. The minimum Gasteiger partial charge on any atom is -0.381 e. The molecule has 0 spiro atoms. The highest BCUT2D eigenvalue weighted by Gasteiger charge is 2.25. The number of rotatable bonds is 11. The lowest BCUT2D eigenvalue weighted by atomic mass is 10.2. The van der Waals surface area contributed by atoms with Crippen molar-refractivity contribution in [3.8, 4) is 0 Å². The number of nitrogens with one attached hydrogen (secondary N) is 2. The zero-order chi connectivity index (χ0) is 21.8. The van der Waals surface area contributed by atoms with E-state index in [0.717, 1.165) is 63.5 Å². The minimum atomic E-state index is -3.42. The first kappa shape index (κ1) is 24.6. The average molecular weight is 439 g/mol. The van der Waals surface area contributed by atoms with Gasteiger partial charge >= 0.3 is 0 Å². The average Bonchev–Trinajstić information content (AvgIpc) is 2.75. The number of sulfonamides is 1. The molecule has 0 aromatic heterocycles. The van der Waals surface area contributed by atoms with Crippen molar-refractivity contribution in [1.29, 1.82) is 0 Å². The van der Waals surface area contributed by atoms with E-state index >= 15 is 0 Å². The maximum atomic E-state index is 12.9. The van der Waals surface area contributed by atoms with E-state index < -0.39 is 10.0 Å².